The highest BCUT2D eigenvalue weighted by atomic mass is 31.2. The largest absolute Gasteiger partial charge is 0.472 e. The van der Waals surface area contributed by atoms with Gasteiger partial charge in [0, 0.05) is 45.1 Å². The minimum absolute atomic E-state index is 0.0293. The number of hydrogen-bond donors (Lipinski definition) is 2. The number of unbranched alkanes of at least 4 members (excludes halogenated alkanes) is 16. The Balaban J connectivity index is 1.59. The van der Waals surface area contributed by atoms with E-state index in [1.165, 1.54) is 91.6 Å². The van der Waals surface area contributed by atoms with Gasteiger partial charge in [-0.3, -0.25) is 18.6 Å². The van der Waals surface area contributed by atoms with Crippen molar-refractivity contribution in [2.75, 3.05) is 33.4 Å². The van der Waals surface area contributed by atoms with Crippen LogP contribution in [0.15, 0.2) is 8.83 Å². The summed E-state index contributed by atoms with van der Waals surface area (Å²) in [5.41, 5.74) is 5.27. The lowest BCUT2D eigenvalue weighted by molar-refractivity contribution is -0.161. The quantitative estimate of drug-likeness (QED) is 0.0378. The zero-order valence-corrected chi connectivity index (χ0v) is 39.8. The topological polar surface area (TPSA) is 147 Å². The molecule has 0 aliphatic heterocycles. The van der Waals surface area contributed by atoms with Crippen molar-refractivity contribution in [1.82, 2.24) is 5.32 Å². The predicted molar refractivity (Wildman–Crippen MR) is 241 cm³/mol. The van der Waals surface area contributed by atoms with E-state index >= 15 is 0 Å². The zero-order chi connectivity index (χ0) is 44.0. The summed E-state index contributed by atoms with van der Waals surface area (Å²) in [7, 11) is -2.68. The van der Waals surface area contributed by atoms with Crippen molar-refractivity contribution in [3.8, 4) is 0 Å². The Morgan fingerprint density at radius 3 is 1.43 bits per heavy atom. The smallest absolute Gasteiger partial charge is 0.466 e. The van der Waals surface area contributed by atoms with Gasteiger partial charge in [-0.05, 0) is 95.5 Å². The van der Waals surface area contributed by atoms with Crippen LogP contribution in [0.4, 0.5) is 0 Å². The summed E-state index contributed by atoms with van der Waals surface area (Å²) in [6.45, 7) is 12.8. The van der Waals surface area contributed by atoms with E-state index in [-0.39, 0.29) is 32.0 Å². The number of ether oxygens (including phenoxy) is 2. The molecule has 0 spiro atoms. The van der Waals surface area contributed by atoms with E-state index in [1.54, 1.807) is 7.05 Å². The predicted octanol–water partition coefficient (Wildman–Crippen LogP) is 12.4. The SMILES string of the molecule is CCCCCc1oc(CCCCCCCCCCCCC(=O)OC[C@H](COP(=O)(O)OCCNC)OC(=O)CCCCCCCCc2oc(CCC)c(C)c2C)c(C)c1C. The summed E-state index contributed by atoms with van der Waals surface area (Å²) in [6.07, 6.45) is 25.3. The van der Waals surface area contributed by atoms with Crippen molar-refractivity contribution < 1.29 is 46.4 Å². The summed E-state index contributed by atoms with van der Waals surface area (Å²) in [6, 6.07) is 0. The van der Waals surface area contributed by atoms with Crippen LogP contribution in [-0.4, -0.2) is 56.3 Å². The van der Waals surface area contributed by atoms with Gasteiger partial charge in [-0.2, -0.15) is 0 Å². The second kappa shape index (κ2) is 32.3. The first-order valence-electron chi connectivity index (χ1n) is 23.7. The third kappa shape index (κ3) is 23.1. The van der Waals surface area contributed by atoms with E-state index in [0.29, 0.717) is 13.0 Å². The third-order valence-electron chi connectivity index (χ3n) is 11.6. The van der Waals surface area contributed by atoms with Gasteiger partial charge in [0.25, 0.3) is 0 Å². The maximum absolute atomic E-state index is 12.7. The first-order valence-corrected chi connectivity index (χ1v) is 25.2. The zero-order valence-electron chi connectivity index (χ0n) is 38.9. The van der Waals surface area contributed by atoms with E-state index in [4.69, 9.17) is 27.4 Å². The highest BCUT2D eigenvalue weighted by Gasteiger charge is 2.26. The first kappa shape index (κ1) is 53.7. The number of likely N-dealkylation sites (N-methyl/N-ethyl adjacent to an activating group) is 1. The Hall–Kier alpha value is -2.43. The van der Waals surface area contributed by atoms with Gasteiger partial charge in [0.05, 0.1) is 13.2 Å². The molecular formula is C48H84NO10P. The lowest BCUT2D eigenvalue weighted by atomic mass is 10.0. The molecule has 0 aliphatic carbocycles. The Morgan fingerprint density at radius 2 is 0.983 bits per heavy atom. The van der Waals surface area contributed by atoms with Gasteiger partial charge in [-0.25, -0.2) is 4.57 Å². The lowest BCUT2D eigenvalue weighted by Gasteiger charge is -2.20. The number of hydrogen-bond acceptors (Lipinski definition) is 10. The van der Waals surface area contributed by atoms with Crippen LogP contribution in [0.25, 0.3) is 0 Å². The number of rotatable bonds is 38. The molecule has 1 unspecified atom stereocenters. The fraction of sp³-hybridized carbons (Fsp3) is 0.792. The minimum atomic E-state index is -4.37. The molecule has 2 N–H and O–H groups in total. The van der Waals surface area contributed by atoms with E-state index < -0.39 is 26.5 Å². The average molecular weight is 866 g/mol. The van der Waals surface area contributed by atoms with E-state index in [9.17, 15) is 19.0 Å². The van der Waals surface area contributed by atoms with Gasteiger partial charge >= 0.3 is 19.8 Å². The molecule has 2 atom stereocenters. The number of phosphoric ester groups is 1. The summed E-state index contributed by atoms with van der Waals surface area (Å²) in [5, 5.41) is 2.83. The Morgan fingerprint density at radius 1 is 0.567 bits per heavy atom. The van der Waals surface area contributed by atoms with E-state index in [2.05, 4.69) is 46.9 Å². The molecule has 12 heteroatoms. The summed E-state index contributed by atoms with van der Waals surface area (Å²) in [5.74, 6) is 3.76. The van der Waals surface area contributed by atoms with Crippen LogP contribution in [0.2, 0.25) is 0 Å². The summed E-state index contributed by atoms with van der Waals surface area (Å²) < 4.78 is 45.7. The van der Waals surface area contributed by atoms with Gasteiger partial charge in [-0.1, -0.05) is 104 Å². The van der Waals surface area contributed by atoms with Crippen LogP contribution < -0.4 is 5.32 Å². The molecular weight excluding hydrogens is 781 g/mol. The van der Waals surface area contributed by atoms with Gasteiger partial charge in [0.2, 0.25) is 0 Å². The first-order chi connectivity index (χ1) is 28.9. The van der Waals surface area contributed by atoms with Crippen molar-refractivity contribution in [3.05, 3.63) is 45.3 Å². The fourth-order valence-electron chi connectivity index (χ4n) is 7.48. The number of carbonyl (C=O) groups excluding carboxylic acids is 2. The molecule has 60 heavy (non-hydrogen) atoms. The van der Waals surface area contributed by atoms with Gasteiger partial charge < -0.3 is 28.5 Å². The van der Waals surface area contributed by atoms with Gasteiger partial charge in [-0.15, -0.1) is 0 Å². The van der Waals surface area contributed by atoms with Crippen LogP contribution in [0, 0.1) is 27.7 Å². The van der Waals surface area contributed by atoms with Crippen LogP contribution in [0.1, 0.15) is 200 Å². The van der Waals surface area contributed by atoms with Crippen LogP contribution in [-0.2, 0) is 58.4 Å². The number of esters is 2. The van der Waals surface area contributed by atoms with Crippen molar-refractivity contribution in [2.24, 2.45) is 0 Å². The van der Waals surface area contributed by atoms with Crippen molar-refractivity contribution in [3.63, 3.8) is 0 Å². The standard InChI is InChI=1S/C48H84NO10P/c1-8-10-23-29-44-40(5)41(6)46(59-44)31-24-19-15-13-11-12-14-16-21-26-32-47(50)54-36-42(37-56-60(52,53)55-35-34-49-7)57-48(51)33-27-22-18-17-20-25-30-45-39(4)38(3)43(58-45)28-9-2/h42,49H,8-37H2,1-7H3,(H,52,53)/t42-/m1/s1. The highest BCUT2D eigenvalue weighted by Crippen LogP contribution is 2.43. The molecule has 0 saturated carbocycles. The van der Waals surface area contributed by atoms with E-state index in [0.717, 1.165) is 101 Å². The molecule has 0 aliphatic rings. The number of phosphoric acid groups is 1. The average Bonchev–Trinajstić information content (AvgIpc) is 3.64. The molecule has 11 nitrogen and oxygen atoms in total. The molecule has 2 heterocycles. The number of aryl methyl sites for hydroxylation is 4. The molecule has 2 aromatic heterocycles. The molecule has 0 bridgehead atoms. The second-order valence-electron chi connectivity index (χ2n) is 16.8. The Bertz CT molecular complexity index is 1500. The molecule has 2 aromatic rings. The van der Waals surface area contributed by atoms with Crippen LogP contribution >= 0.6 is 7.82 Å². The molecule has 0 saturated heterocycles. The molecule has 0 radical (unpaired) electrons. The maximum atomic E-state index is 12.7. The van der Waals surface area contributed by atoms with Crippen LogP contribution in [0.5, 0.6) is 0 Å². The fourth-order valence-corrected chi connectivity index (χ4v) is 8.24. The van der Waals surface area contributed by atoms with Gasteiger partial charge in [0.1, 0.15) is 29.6 Å². The van der Waals surface area contributed by atoms with Crippen molar-refractivity contribution in [2.45, 2.75) is 215 Å². The molecule has 2 rings (SSSR count). The number of nitrogens with one attached hydrogen (secondary N) is 1. The lowest BCUT2D eigenvalue weighted by Crippen LogP contribution is -2.29. The molecule has 0 fully saturated rings. The van der Waals surface area contributed by atoms with E-state index in [1.807, 2.05) is 0 Å². The van der Waals surface area contributed by atoms with Crippen LogP contribution in [0.3, 0.4) is 0 Å². The maximum Gasteiger partial charge on any atom is 0.472 e. The normalized spacial score (nSPS) is 13.1. The monoisotopic (exact) mass is 866 g/mol. The minimum Gasteiger partial charge on any atom is -0.466 e. The molecule has 0 amide bonds. The number of furan rings is 2. The Kier molecular flexibility index (Phi) is 28.9. The Labute approximate surface area is 363 Å². The highest BCUT2D eigenvalue weighted by molar-refractivity contribution is 7.47. The second-order valence-corrected chi connectivity index (χ2v) is 18.2. The number of carbonyl (C=O) groups is 2. The third-order valence-corrected chi connectivity index (χ3v) is 12.6. The summed E-state index contributed by atoms with van der Waals surface area (Å²) in [4.78, 5) is 35.3. The summed E-state index contributed by atoms with van der Waals surface area (Å²) >= 11 is 0. The molecule has 346 valence electrons. The van der Waals surface area contributed by atoms with Crippen molar-refractivity contribution in [1.29, 1.82) is 0 Å². The van der Waals surface area contributed by atoms with Gasteiger partial charge in [0.15, 0.2) is 6.10 Å². The van der Waals surface area contributed by atoms with Crippen molar-refractivity contribution >= 4 is 19.8 Å². The molecule has 0 aromatic carbocycles.